The third-order valence-corrected chi connectivity index (χ3v) is 3.65. The van der Waals surface area contributed by atoms with Crippen molar-refractivity contribution in [1.82, 2.24) is 0 Å². The molecular weight excluding hydrogens is 431 g/mol. The lowest BCUT2D eigenvalue weighted by molar-refractivity contribution is -0.156. The van der Waals surface area contributed by atoms with E-state index >= 15 is 0 Å². The largest absolute Gasteiger partial charge is 0.459 e. The summed E-state index contributed by atoms with van der Waals surface area (Å²) in [4.78, 5) is 23.6. The average Bonchev–Trinajstić information content (AvgIpc) is 2.59. The van der Waals surface area contributed by atoms with Crippen molar-refractivity contribution in [2.45, 2.75) is 49.0 Å². The molecule has 0 heterocycles. The van der Waals surface area contributed by atoms with E-state index in [4.69, 9.17) is 49.0 Å². The molecule has 0 radical (unpaired) electrons. The Balaban J connectivity index is 2.74. The zero-order valence-electron chi connectivity index (χ0n) is 15.5. The molecule has 156 valence electrons. The maximum absolute atomic E-state index is 11.8. The van der Waals surface area contributed by atoms with Crippen LogP contribution in [-0.2, 0) is 30.4 Å². The van der Waals surface area contributed by atoms with Gasteiger partial charge >= 0.3 is 11.9 Å². The second-order valence-electron chi connectivity index (χ2n) is 6.09. The van der Waals surface area contributed by atoms with Crippen LogP contribution in [0.3, 0.4) is 0 Å². The maximum atomic E-state index is 11.8. The molecule has 0 aliphatic carbocycles. The summed E-state index contributed by atoms with van der Waals surface area (Å²) >= 11 is 16.6. The van der Waals surface area contributed by atoms with Gasteiger partial charge in [-0.25, -0.2) is 4.79 Å². The van der Waals surface area contributed by atoms with E-state index in [2.05, 4.69) is 0 Å². The number of alkyl halides is 3. The Hall–Kier alpha value is -1.31. The average molecular weight is 454 g/mol. The van der Waals surface area contributed by atoms with Crippen LogP contribution in [0, 0.1) is 0 Å². The third-order valence-electron chi connectivity index (χ3n) is 3.33. The Morgan fingerprint density at radius 3 is 2.39 bits per heavy atom. The number of halogens is 3. The third kappa shape index (κ3) is 11.5. The summed E-state index contributed by atoms with van der Waals surface area (Å²) in [5, 5.41) is 9.29. The van der Waals surface area contributed by atoms with E-state index in [0.717, 1.165) is 11.6 Å². The quantitative estimate of drug-likeness (QED) is 0.330. The van der Waals surface area contributed by atoms with Gasteiger partial charge in [0.25, 0.3) is 0 Å². The number of hydrogen-bond donors (Lipinski definition) is 1. The first-order valence-corrected chi connectivity index (χ1v) is 9.65. The maximum Gasteiger partial charge on any atom is 0.330 e. The van der Waals surface area contributed by atoms with Crippen molar-refractivity contribution in [3.63, 3.8) is 0 Å². The summed E-state index contributed by atoms with van der Waals surface area (Å²) in [5.41, 5.74) is 0.905. The lowest BCUT2D eigenvalue weighted by Gasteiger charge is -2.22. The Morgan fingerprint density at radius 1 is 1.18 bits per heavy atom. The second kappa shape index (κ2) is 12.3. The van der Waals surface area contributed by atoms with E-state index in [9.17, 15) is 14.7 Å². The molecule has 0 aliphatic heterocycles. The van der Waals surface area contributed by atoms with Gasteiger partial charge in [0.05, 0.1) is 19.1 Å². The fourth-order valence-electron chi connectivity index (χ4n) is 2.05. The summed E-state index contributed by atoms with van der Waals surface area (Å²) in [6.07, 6.45) is 0.0984. The first kappa shape index (κ1) is 24.7. The van der Waals surface area contributed by atoms with Crippen LogP contribution in [0.2, 0.25) is 0 Å². The number of carbonyl (C=O) groups is 2. The van der Waals surface area contributed by atoms with Crippen LogP contribution in [0.5, 0.6) is 0 Å². The molecule has 0 saturated carbocycles. The molecular formula is C19H23Cl3O6. The van der Waals surface area contributed by atoms with Crippen LogP contribution < -0.4 is 0 Å². The van der Waals surface area contributed by atoms with Gasteiger partial charge in [0.15, 0.2) is 0 Å². The standard InChI is InChI=1S/C19H23Cl3O6/c1-13(23)10-18(25)28-14(2)16(26-11-15-6-4-3-5-7-15)8-9-17(24)27-12-19(20,21)22/h3-9,13-14,16,23H,10-12H2,1-2H3/b9-8+/t13-,14+,16-/m1/s1. The van der Waals surface area contributed by atoms with Crippen molar-refractivity contribution in [1.29, 1.82) is 0 Å². The molecule has 0 spiro atoms. The van der Waals surface area contributed by atoms with E-state index in [-0.39, 0.29) is 13.0 Å². The number of rotatable bonds is 10. The molecule has 6 nitrogen and oxygen atoms in total. The Kier molecular flexibility index (Phi) is 10.9. The van der Waals surface area contributed by atoms with Crippen molar-refractivity contribution in [3.05, 3.63) is 48.0 Å². The SMILES string of the molecule is C[C@H](OC(=O)C[C@@H](C)O)[C@@H](/C=C/C(=O)OCC(Cl)(Cl)Cl)OCc1ccccc1. The Bertz CT molecular complexity index is 643. The molecule has 0 amide bonds. The van der Waals surface area contributed by atoms with Crippen LogP contribution in [0.1, 0.15) is 25.8 Å². The zero-order valence-corrected chi connectivity index (χ0v) is 17.8. The minimum atomic E-state index is -1.71. The van der Waals surface area contributed by atoms with Crippen molar-refractivity contribution in [2.24, 2.45) is 0 Å². The molecule has 1 aromatic rings. The van der Waals surface area contributed by atoms with E-state index in [1.165, 1.54) is 13.0 Å². The molecule has 0 bridgehead atoms. The number of hydrogen-bond acceptors (Lipinski definition) is 6. The van der Waals surface area contributed by atoms with Gasteiger partial charge in [0.1, 0.15) is 18.8 Å². The van der Waals surface area contributed by atoms with Crippen molar-refractivity contribution in [2.75, 3.05) is 6.61 Å². The predicted molar refractivity (Wildman–Crippen MR) is 107 cm³/mol. The van der Waals surface area contributed by atoms with Crippen LogP contribution in [0.4, 0.5) is 0 Å². The van der Waals surface area contributed by atoms with E-state index in [1.807, 2.05) is 30.3 Å². The smallest absolute Gasteiger partial charge is 0.330 e. The normalized spacial score (nSPS) is 15.1. The minimum Gasteiger partial charge on any atom is -0.459 e. The molecule has 3 atom stereocenters. The van der Waals surface area contributed by atoms with E-state index in [1.54, 1.807) is 6.92 Å². The number of aliphatic hydroxyl groups is 1. The first-order chi connectivity index (χ1) is 13.1. The van der Waals surface area contributed by atoms with Gasteiger partial charge < -0.3 is 19.3 Å². The highest BCUT2D eigenvalue weighted by Crippen LogP contribution is 2.26. The molecule has 0 fully saturated rings. The lowest BCUT2D eigenvalue weighted by Crippen LogP contribution is -2.31. The molecule has 1 rings (SSSR count). The lowest BCUT2D eigenvalue weighted by atomic mass is 10.2. The summed E-state index contributed by atoms with van der Waals surface area (Å²) in [6.45, 7) is 2.93. The highest BCUT2D eigenvalue weighted by Gasteiger charge is 2.23. The highest BCUT2D eigenvalue weighted by atomic mass is 35.6. The van der Waals surface area contributed by atoms with E-state index < -0.39 is 40.6 Å². The van der Waals surface area contributed by atoms with Gasteiger partial charge in [-0.3, -0.25) is 4.79 Å². The second-order valence-corrected chi connectivity index (χ2v) is 8.61. The number of carbonyl (C=O) groups excluding carboxylic acids is 2. The minimum absolute atomic E-state index is 0.148. The van der Waals surface area contributed by atoms with Gasteiger partial charge in [-0.05, 0) is 25.5 Å². The van der Waals surface area contributed by atoms with Crippen molar-refractivity contribution >= 4 is 46.7 Å². The predicted octanol–water partition coefficient (Wildman–Crippen LogP) is 3.74. The summed E-state index contributed by atoms with van der Waals surface area (Å²) in [6, 6.07) is 9.36. The van der Waals surface area contributed by atoms with Gasteiger partial charge in [0, 0.05) is 6.08 Å². The molecule has 1 N–H and O–H groups in total. The van der Waals surface area contributed by atoms with Crippen LogP contribution >= 0.6 is 34.8 Å². The topological polar surface area (TPSA) is 82.1 Å². The fraction of sp³-hybridized carbons (Fsp3) is 0.474. The summed E-state index contributed by atoms with van der Waals surface area (Å²) < 4.78 is 14.2. The van der Waals surface area contributed by atoms with Crippen LogP contribution in [0.25, 0.3) is 0 Å². The molecule has 1 aromatic carbocycles. The highest BCUT2D eigenvalue weighted by molar-refractivity contribution is 6.67. The number of benzene rings is 1. The van der Waals surface area contributed by atoms with Crippen LogP contribution in [-0.4, -0.2) is 45.8 Å². The van der Waals surface area contributed by atoms with Gasteiger partial charge in [-0.15, -0.1) is 0 Å². The Labute approximate surface area is 179 Å². The van der Waals surface area contributed by atoms with Crippen molar-refractivity contribution in [3.8, 4) is 0 Å². The number of esters is 2. The molecule has 0 aliphatic rings. The van der Waals surface area contributed by atoms with Crippen LogP contribution in [0.15, 0.2) is 42.5 Å². The molecule has 9 heteroatoms. The first-order valence-electron chi connectivity index (χ1n) is 8.51. The molecule has 0 saturated heterocycles. The van der Waals surface area contributed by atoms with Gasteiger partial charge in [-0.2, -0.15) is 0 Å². The fourth-order valence-corrected chi connectivity index (χ4v) is 2.22. The summed E-state index contributed by atoms with van der Waals surface area (Å²) in [5.74, 6) is -1.31. The summed E-state index contributed by atoms with van der Waals surface area (Å²) in [7, 11) is 0. The van der Waals surface area contributed by atoms with E-state index in [0.29, 0.717) is 0 Å². The molecule has 0 unspecified atom stereocenters. The monoisotopic (exact) mass is 452 g/mol. The van der Waals surface area contributed by atoms with Gasteiger partial charge in [0.2, 0.25) is 3.79 Å². The number of aliphatic hydroxyl groups excluding tert-OH is 1. The number of ether oxygens (including phenoxy) is 3. The zero-order chi connectivity index (χ0) is 21.2. The van der Waals surface area contributed by atoms with Crippen molar-refractivity contribution < 1.29 is 28.9 Å². The molecule has 28 heavy (non-hydrogen) atoms. The Morgan fingerprint density at radius 2 is 1.82 bits per heavy atom. The molecule has 0 aromatic heterocycles. The van der Waals surface area contributed by atoms with Gasteiger partial charge in [-0.1, -0.05) is 65.1 Å².